The lowest BCUT2D eigenvalue weighted by Crippen LogP contribution is -2.29. The van der Waals surface area contributed by atoms with E-state index in [1.807, 2.05) is 19.9 Å². The van der Waals surface area contributed by atoms with E-state index in [-0.39, 0.29) is 0 Å². The first-order valence-electron chi connectivity index (χ1n) is 4.98. The molecule has 4 nitrogen and oxygen atoms in total. The predicted octanol–water partition coefficient (Wildman–Crippen LogP) is 0.871. The van der Waals surface area contributed by atoms with Crippen molar-refractivity contribution < 1.29 is 19.7 Å². The first kappa shape index (κ1) is 12.7. The number of ether oxygens (including phenoxy) is 1. The number of aliphatic hydroxyl groups excluding tert-OH is 2. The molecule has 0 radical (unpaired) electrons. The Hall–Kier alpha value is -1.39. The van der Waals surface area contributed by atoms with Crippen molar-refractivity contribution in [2.24, 2.45) is 0 Å². The smallest absolute Gasteiger partial charge is 0.337 e. The summed E-state index contributed by atoms with van der Waals surface area (Å²) in [6.07, 6.45) is -2.81. The molecule has 0 saturated heterocycles. The highest BCUT2D eigenvalue weighted by atomic mass is 16.5. The third kappa shape index (κ3) is 2.81. The van der Waals surface area contributed by atoms with E-state index in [2.05, 4.69) is 4.74 Å². The first-order valence-corrected chi connectivity index (χ1v) is 4.98. The molecule has 88 valence electrons. The minimum Gasteiger partial charge on any atom is -0.467 e. The summed E-state index contributed by atoms with van der Waals surface area (Å²) in [5.41, 5.74) is 2.44. The normalized spacial score (nSPS) is 14.3. The number of methoxy groups -OCH3 is 1. The van der Waals surface area contributed by atoms with E-state index in [1.54, 1.807) is 12.1 Å². The highest BCUT2D eigenvalue weighted by Crippen LogP contribution is 2.20. The van der Waals surface area contributed by atoms with Gasteiger partial charge in [0.1, 0.15) is 6.10 Å². The van der Waals surface area contributed by atoms with Crippen LogP contribution in [0.4, 0.5) is 0 Å². The molecule has 2 unspecified atom stereocenters. The van der Waals surface area contributed by atoms with Gasteiger partial charge in [-0.25, -0.2) is 4.79 Å². The number of hydrogen-bond donors (Lipinski definition) is 2. The maximum absolute atomic E-state index is 11.1. The fraction of sp³-hybridized carbons (Fsp3) is 0.417. The molecule has 0 heterocycles. The standard InChI is InChI=1S/C12H16O4/c1-7-4-8(2)6-9(5-7)10(13)11(14)12(15)16-3/h4-6,10-11,13-14H,1-3H3. The average Bonchev–Trinajstić information content (AvgIpc) is 2.24. The molecule has 0 aliphatic carbocycles. The Labute approximate surface area is 94.5 Å². The van der Waals surface area contributed by atoms with Crippen molar-refractivity contribution in [1.29, 1.82) is 0 Å². The maximum atomic E-state index is 11.1. The van der Waals surface area contributed by atoms with E-state index in [0.717, 1.165) is 11.1 Å². The molecule has 2 N–H and O–H groups in total. The molecule has 16 heavy (non-hydrogen) atoms. The summed E-state index contributed by atoms with van der Waals surface area (Å²) in [7, 11) is 1.17. The summed E-state index contributed by atoms with van der Waals surface area (Å²) in [6, 6.07) is 5.40. The van der Waals surface area contributed by atoms with Crippen LogP contribution in [0.1, 0.15) is 22.8 Å². The number of esters is 1. The first-order chi connectivity index (χ1) is 7.45. The highest BCUT2D eigenvalue weighted by molar-refractivity contribution is 5.75. The quantitative estimate of drug-likeness (QED) is 0.748. The van der Waals surface area contributed by atoms with Crippen LogP contribution in [0.3, 0.4) is 0 Å². The molecule has 4 heteroatoms. The lowest BCUT2D eigenvalue weighted by atomic mass is 10.00. The summed E-state index contributed by atoms with van der Waals surface area (Å²) in [4.78, 5) is 11.1. The van der Waals surface area contributed by atoms with Gasteiger partial charge in [0.05, 0.1) is 7.11 Å². The molecule has 2 atom stereocenters. The van der Waals surface area contributed by atoms with Crippen LogP contribution in [0.25, 0.3) is 0 Å². The Morgan fingerprint density at radius 3 is 2.12 bits per heavy atom. The van der Waals surface area contributed by atoms with E-state index < -0.39 is 18.2 Å². The molecule has 0 aromatic heterocycles. The van der Waals surface area contributed by atoms with E-state index in [1.165, 1.54) is 7.11 Å². The summed E-state index contributed by atoms with van der Waals surface area (Å²) in [5.74, 6) is -0.841. The van der Waals surface area contributed by atoms with E-state index in [0.29, 0.717) is 5.56 Å². The molecule has 1 aromatic carbocycles. The van der Waals surface area contributed by atoms with Crippen molar-refractivity contribution in [2.75, 3.05) is 7.11 Å². The number of hydrogen-bond acceptors (Lipinski definition) is 4. The SMILES string of the molecule is COC(=O)C(O)C(O)c1cc(C)cc(C)c1. The molecule has 0 saturated carbocycles. The second-order valence-corrected chi connectivity index (χ2v) is 3.83. The number of carbonyl (C=O) groups excluding carboxylic acids is 1. The molecule has 0 fully saturated rings. The minimum atomic E-state index is -1.55. The maximum Gasteiger partial charge on any atom is 0.337 e. The van der Waals surface area contributed by atoms with Crippen molar-refractivity contribution in [1.82, 2.24) is 0 Å². The Morgan fingerprint density at radius 1 is 1.19 bits per heavy atom. The molecule has 1 rings (SSSR count). The predicted molar refractivity (Wildman–Crippen MR) is 58.9 cm³/mol. The summed E-state index contributed by atoms with van der Waals surface area (Å²) in [6.45, 7) is 3.77. The van der Waals surface area contributed by atoms with Gasteiger partial charge in [-0.05, 0) is 19.4 Å². The van der Waals surface area contributed by atoms with Gasteiger partial charge >= 0.3 is 5.97 Å². The zero-order chi connectivity index (χ0) is 12.3. The van der Waals surface area contributed by atoms with Gasteiger partial charge in [-0.1, -0.05) is 29.3 Å². The minimum absolute atomic E-state index is 0.510. The fourth-order valence-corrected chi connectivity index (χ4v) is 1.61. The van der Waals surface area contributed by atoms with Crippen molar-refractivity contribution >= 4 is 5.97 Å². The zero-order valence-electron chi connectivity index (χ0n) is 9.60. The van der Waals surface area contributed by atoms with Gasteiger partial charge in [-0.2, -0.15) is 0 Å². The zero-order valence-corrected chi connectivity index (χ0v) is 9.60. The molecule has 0 spiro atoms. The van der Waals surface area contributed by atoms with Gasteiger partial charge < -0.3 is 14.9 Å². The van der Waals surface area contributed by atoms with Crippen LogP contribution in [0.2, 0.25) is 0 Å². The van der Waals surface area contributed by atoms with Crippen LogP contribution in [0, 0.1) is 13.8 Å². The van der Waals surface area contributed by atoms with E-state index >= 15 is 0 Å². The van der Waals surface area contributed by atoms with Gasteiger partial charge in [0.25, 0.3) is 0 Å². The van der Waals surface area contributed by atoms with Crippen LogP contribution in [-0.2, 0) is 9.53 Å². The van der Waals surface area contributed by atoms with Gasteiger partial charge in [0, 0.05) is 0 Å². The van der Waals surface area contributed by atoms with E-state index in [9.17, 15) is 15.0 Å². The van der Waals surface area contributed by atoms with Crippen molar-refractivity contribution in [2.45, 2.75) is 26.1 Å². The topological polar surface area (TPSA) is 66.8 Å². The Bertz CT molecular complexity index is 366. The molecule has 0 aliphatic heterocycles. The fourth-order valence-electron chi connectivity index (χ4n) is 1.61. The highest BCUT2D eigenvalue weighted by Gasteiger charge is 2.26. The number of aryl methyl sites for hydroxylation is 2. The largest absolute Gasteiger partial charge is 0.467 e. The second-order valence-electron chi connectivity index (χ2n) is 3.83. The number of aliphatic hydroxyl groups is 2. The van der Waals surface area contributed by atoms with Crippen LogP contribution < -0.4 is 0 Å². The monoisotopic (exact) mass is 224 g/mol. The number of carbonyl (C=O) groups is 1. The van der Waals surface area contributed by atoms with Crippen LogP contribution in [0.15, 0.2) is 18.2 Å². The Balaban J connectivity index is 2.95. The molecule has 0 bridgehead atoms. The molecular weight excluding hydrogens is 208 g/mol. The lowest BCUT2D eigenvalue weighted by molar-refractivity contribution is -0.156. The molecular formula is C12H16O4. The van der Waals surface area contributed by atoms with Gasteiger partial charge in [-0.3, -0.25) is 0 Å². The average molecular weight is 224 g/mol. The number of benzene rings is 1. The van der Waals surface area contributed by atoms with Crippen LogP contribution in [-0.4, -0.2) is 29.4 Å². The van der Waals surface area contributed by atoms with Gasteiger partial charge in [-0.15, -0.1) is 0 Å². The molecule has 0 aliphatic rings. The van der Waals surface area contributed by atoms with Crippen molar-refractivity contribution in [3.63, 3.8) is 0 Å². The van der Waals surface area contributed by atoms with Crippen molar-refractivity contribution in [3.8, 4) is 0 Å². The summed E-state index contributed by atoms with van der Waals surface area (Å²) < 4.78 is 4.37. The van der Waals surface area contributed by atoms with E-state index in [4.69, 9.17) is 0 Å². The summed E-state index contributed by atoms with van der Waals surface area (Å²) >= 11 is 0. The lowest BCUT2D eigenvalue weighted by Gasteiger charge is -2.17. The number of rotatable bonds is 3. The van der Waals surface area contributed by atoms with Crippen LogP contribution in [0.5, 0.6) is 0 Å². The summed E-state index contributed by atoms with van der Waals surface area (Å²) in [5, 5.41) is 19.3. The van der Waals surface area contributed by atoms with Crippen molar-refractivity contribution in [3.05, 3.63) is 34.9 Å². The molecule has 0 amide bonds. The van der Waals surface area contributed by atoms with Gasteiger partial charge in [0.15, 0.2) is 6.10 Å². The Kier molecular flexibility index (Phi) is 4.04. The third-order valence-electron chi connectivity index (χ3n) is 2.33. The third-order valence-corrected chi connectivity index (χ3v) is 2.33. The van der Waals surface area contributed by atoms with Gasteiger partial charge in [0.2, 0.25) is 0 Å². The Morgan fingerprint density at radius 2 is 1.69 bits per heavy atom. The van der Waals surface area contributed by atoms with Crippen LogP contribution >= 0.6 is 0 Å². The second kappa shape index (κ2) is 5.09. The molecule has 1 aromatic rings.